The Morgan fingerprint density at radius 3 is 3.13 bits per heavy atom. The summed E-state index contributed by atoms with van der Waals surface area (Å²) in [5.74, 6) is 1.20. The Kier molecular flexibility index (Phi) is 3.78. The normalized spacial score (nSPS) is 31.8. The van der Waals surface area contributed by atoms with E-state index in [0.29, 0.717) is 6.04 Å². The molecule has 0 aromatic carbocycles. The van der Waals surface area contributed by atoms with Gasteiger partial charge in [-0.25, -0.2) is 4.79 Å². The van der Waals surface area contributed by atoms with Crippen LogP contribution in [-0.4, -0.2) is 41.1 Å². The molecular weight excluding hydrogens is 208 g/mol. The van der Waals surface area contributed by atoms with Gasteiger partial charge in [0, 0.05) is 24.4 Å². The maximum absolute atomic E-state index is 11.7. The SMILES string of the molecule is CCSC1CCC(N2CCCNC2=O)C1. The molecule has 0 radical (unpaired) electrons. The number of nitrogens with one attached hydrogen (secondary N) is 1. The Labute approximate surface area is 96.0 Å². The van der Waals surface area contributed by atoms with E-state index in [2.05, 4.69) is 17.1 Å². The highest BCUT2D eigenvalue weighted by atomic mass is 32.2. The number of thioether (sulfide) groups is 1. The number of carbonyl (C=O) groups is 1. The molecule has 3 nitrogen and oxygen atoms in total. The van der Waals surface area contributed by atoms with Crippen LogP contribution in [0.15, 0.2) is 0 Å². The molecule has 2 rings (SSSR count). The highest BCUT2D eigenvalue weighted by Crippen LogP contribution is 2.33. The fourth-order valence-corrected chi connectivity index (χ4v) is 3.72. The maximum Gasteiger partial charge on any atom is 0.317 e. The van der Waals surface area contributed by atoms with Crippen molar-refractivity contribution in [2.45, 2.75) is 43.9 Å². The first-order valence-electron chi connectivity index (χ1n) is 5.97. The maximum atomic E-state index is 11.7. The lowest BCUT2D eigenvalue weighted by atomic mass is 10.2. The fourth-order valence-electron chi connectivity index (χ4n) is 2.58. The van der Waals surface area contributed by atoms with Crippen molar-refractivity contribution in [3.63, 3.8) is 0 Å². The van der Waals surface area contributed by atoms with E-state index < -0.39 is 0 Å². The van der Waals surface area contributed by atoms with Crippen LogP contribution in [-0.2, 0) is 0 Å². The fraction of sp³-hybridized carbons (Fsp3) is 0.909. The molecule has 0 aromatic rings. The van der Waals surface area contributed by atoms with Crippen molar-refractivity contribution in [3.8, 4) is 0 Å². The minimum atomic E-state index is 0.161. The van der Waals surface area contributed by atoms with Gasteiger partial charge in [0.15, 0.2) is 0 Å². The number of hydrogen-bond acceptors (Lipinski definition) is 2. The summed E-state index contributed by atoms with van der Waals surface area (Å²) in [7, 11) is 0. The summed E-state index contributed by atoms with van der Waals surface area (Å²) in [4.78, 5) is 13.7. The lowest BCUT2D eigenvalue weighted by molar-refractivity contribution is 0.162. The second kappa shape index (κ2) is 5.10. The van der Waals surface area contributed by atoms with E-state index in [0.717, 1.165) is 24.8 Å². The molecule has 4 heteroatoms. The summed E-state index contributed by atoms with van der Waals surface area (Å²) >= 11 is 2.05. The van der Waals surface area contributed by atoms with Crippen molar-refractivity contribution in [2.24, 2.45) is 0 Å². The molecule has 1 heterocycles. The van der Waals surface area contributed by atoms with Crippen molar-refractivity contribution < 1.29 is 4.79 Å². The molecule has 86 valence electrons. The lowest BCUT2D eigenvalue weighted by Crippen LogP contribution is -2.50. The molecule has 1 aliphatic heterocycles. The zero-order valence-electron chi connectivity index (χ0n) is 9.37. The van der Waals surface area contributed by atoms with Gasteiger partial charge in [-0.3, -0.25) is 0 Å². The van der Waals surface area contributed by atoms with Crippen LogP contribution in [0.5, 0.6) is 0 Å². The first-order valence-corrected chi connectivity index (χ1v) is 7.02. The number of rotatable bonds is 3. The third kappa shape index (κ3) is 2.60. The van der Waals surface area contributed by atoms with Crippen molar-refractivity contribution in [3.05, 3.63) is 0 Å². The van der Waals surface area contributed by atoms with E-state index in [1.54, 1.807) is 0 Å². The molecule has 2 unspecified atom stereocenters. The van der Waals surface area contributed by atoms with E-state index in [-0.39, 0.29) is 6.03 Å². The van der Waals surface area contributed by atoms with Gasteiger partial charge in [0.25, 0.3) is 0 Å². The minimum absolute atomic E-state index is 0.161. The average Bonchev–Trinajstić information content (AvgIpc) is 2.68. The number of hydrogen-bond donors (Lipinski definition) is 1. The van der Waals surface area contributed by atoms with E-state index in [9.17, 15) is 4.79 Å². The quantitative estimate of drug-likeness (QED) is 0.802. The lowest BCUT2D eigenvalue weighted by Gasteiger charge is -2.32. The van der Waals surface area contributed by atoms with Crippen LogP contribution in [0.25, 0.3) is 0 Å². The summed E-state index contributed by atoms with van der Waals surface area (Å²) in [6.07, 6.45) is 4.79. The smallest absolute Gasteiger partial charge is 0.317 e. The standard InChI is InChI=1S/C11H20N2OS/c1-2-15-10-5-4-9(8-10)13-7-3-6-12-11(13)14/h9-10H,2-8H2,1H3,(H,12,14). The highest BCUT2D eigenvalue weighted by Gasteiger charge is 2.32. The van der Waals surface area contributed by atoms with Gasteiger partial charge in [-0.2, -0.15) is 11.8 Å². The van der Waals surface area contributed by atoms with Crippen LogP contribution in [0.2, 0.25) is 0 Å². The van der Waals surface area contributed by atoms with Gasteiger partial charge >= 0.3 is 6.03 Å². The van der Waals surface area contributed by atoms with Crippen molar-refractivity contribution >= 4 is 17.8 Å². The van der Waals surface area contributed by atoms with E-state index in [1.165, 1.54) is 25.0 Å². The van der Waals surface area contributed by atoms with Crippen LogP contribution >= 0.6 is 11.8 Å². The second-order valence-corrected chi connectivity index (χ2v) is 5.90. The molecule has 1 N–H and O–H groups in total. The first kappa shape index (κ1) is 11.1. The molecule has 2 aliphatic rings. The average molecular weight is 228 g/mol. The monoisotopic (exact) mass is 228 g/mol. The van der Waals surface area contributed by atoms with Crippen LogP contribution in [0.4, 0.5) is 4.79 Å². The van der Waals surface area contributed by atoms with Gasteiger partial charge < -0.3 is 10.2 Å². The van der Waals surface area contributed by atoms with Gasteiger partial charge in [0.2, 0.25) is 0 Å². The van der Waals surface area contributed by atoms with Crippen LogP contribution in [0.3, 0.4) is 0 Å². The van der Waals surface area contributed by atoms with E-state index in [1.807, 2.05) is 11.8 Å². The van der Waals surface area contributed by atoms with Crippen molar-refractivity contribution in [1.82, 2.24) is 10.2 Å². The second-order valence-electron chi connectivity index (χ2n) is 4.32. The molecule has 2 amide bonds. The van der Waals surface area contributed by atoms with Gasteiger partial charge in [-0.1, -0.05) is 6.92 Å². The predicted octanol–water partition coefficient (Wildman–Crippen LogP) is 2.08. The van der Waals surface area contributed by atoms with Crippen molar-refractivity contribution in [2.75, 3.05) is 18.8 Å². The molecule has 2 fully saturated rings. The largest absolute Gasteiger partial charge is 0.338 e. The summed E-state index contributed by atoms with van der Waals surface area (Å²) in [6, 6.07) is 0.669. The van der Waals surface area contributed by atoms with Crippen molar-refractivity contribution in [1.29, 1.82) is 0 Å². The van der Waals surface area contributed by atoms with Crippen LogP contribution < -0.4 is 5.32 Å². The Balaban J connectivity index is 1.86. The molecule has 2 atom stereocenters. The van der Waals surface area contributed by atoms with Gasteiger partial charge in [0.1, 0.15) is 0 Å². The molecule has 1 saturated carbocycles. The Morgan fingerprint density at radius 1 is 1.53 bits per heavy atom. The minimum Gasteiger partial charge on any atom is -0.338 e. The van der Waals surface area contributed by atoms with Crippen LogP contribution in [0, 0.1) is 0 Å². The molecular formula is C11H20N2OS. The first-order chi connectivity index (χ1) is 7.31. The van der Waals surface area contributed by atoms with Gasteiger partial charge in [0.05, 0.1) is 0 Å². The van der Waals surface area contributed by atoms with Gasteiger partial charge in [-0.15, -0.1) is 0 Å². The summed E-state index contributed by atoms with van der Waals surface area (Å²) < 4.78 is 0. The summed E-state index contributed by atoms with van der Waals surface area (Å²) in [6.45, 7) is 4.03. The van der Waals surface area contributed by atoms with Crippen LogP contribution in [0.1, 0.15) is 32.6 Å². The molecule has 15 heavy (non-hydrogen) atoms. The molecule has 0 aromatic heterocycles. The Hall–Kier alpha value is -0.380. The Bertz CT molecular complexity index is 235. The summed E-state index contributed by atoms with van der Waals surface area (Å²) in [5.41, 5.74) is 0. The number of urea groups is 1. The molecule has 0 bridgehead atoms. The predicted molar refractivity (Wildman–Crippen MR) is 64.3 cm³/mol. The molecule has 1 saturated heterocycles. The number of carbonyl (C=O) groups excluding carboxylic acids is 1. The Morgan fingerprint density at radius 2 is 2.40 bits per heavy atom. The molecule has 0 spiro atoms. The van der Waals surface area contributed by atoms with Gasteiger partial charge in [-0.05, 0) is 31.4 Å². The summed E-state index contributed by atoms with van der Waals surface area (Å²) in [5, 5.41) is 3.72. The highest BCUT2D eigenvalue weighted by molar-refractivity contribution is 7.99. The number of amides is 2. The molecule has 1 aliphatic carbocycles. The zero-order valence-corrected chi connectivity index (χ0v) is 10.2. The van der Waals surface area contributed by atoms with E-state index >= 15 is 0 Å². The number of nitrogens with zero attached hydrogens (tertiary/aromatic N) is 1. The van der Waals surface area contributed by atoms with E-state index in [4.69, 9.17) is 0 Å². The third-order valence-electron chi connectivity index (χ3n) is 3.31. The topological polar surface area (TPSA) is 32.3 Å². The zero-order chi connectivity index (χ0) is 10.7. The third-order valence-corrected chi connectivity index (χ3v) is 4.55.